The summed E-state index contributed by atoms with van der Waals surface area (Å²) in [5, 5.41) is 3.75. The lowest BCUT2D eigenvalue weighted by atomic mass is 9.80. The van der Waals surface area contributed by atoms with Crippen LogP contribution in [0.2, 0.25) is 0 Å². The van der Waals surface area contributed by atoms with E-state index in [2.05, 4.69) is 31.0 Å². The monoisotopic (exact) mass is 266 g/mol. The number of nitrogens with zero attached hydrogens (tertiary/aromatic N) is 1. The van der Waals surface area contributed by atoms with Crippen molar-refractivity contribution in [1.82, 2.24) is 10.2 Å². The molecule has 0 aromatic rings. The third-order valence-electron chi connectivity index (χ3n) is 5.62. The molecular formula is C17H34N2. The highest BCUT2D eigenvalue weighted by Crippen LogP contribution is 2.31. The van der Waals surface area contributed by atoms with Crippen molar-refractivity contribution in [2.75, 3.05) is 26.2 Å². The minimum absolute atomic E-state index is 0.344. The number of hydrogen-bond donors (Lipinski definition) is 1. The second-order valence-corrected chi connectivity index (χ2v) is 7.22. The van der Waals surface area contributed by atoms with Gasteiger partial charge in [0.2, 0.25) is 0 Å². The first-order chi connectivity index (χ1) is 9.15. The van der Waals surface area contributed by atoms with Crippen molar-refractivity contribution >= 4 is 0 Å². The van der Waals surface area contributed by atoms with E-state index >= 15 is 0 Å². The molecule has 2 aliphatic rings. The van der Waals surface area contributed by atoms with Crippen molar-refractivity contribution in [2.45, 2.75) is 71.3 Å². The molecule has 112 valence electrons. The van der Waals surface area contributed by atoms with E-state index in [0.29, 0.717) is 5.54 Å². The summed E-state index contributed by atoms with van der Waals surface area (Å²) in [6.07, 6.45) is 9.88. The molecule has 0 aromatic heterocycles. The highest BCUT2D eigenvalue weighted by molar-refractivity contribution is 4.89. The molecule has 1 aliphatic heterocycles. The first kappa shape index (κ1) is 15.3. The van der Waals surface area contributed by atoms with E-state index in [-0.39, 0.29) is 0 Å². The van der Waals surface area contributed by atoms with Gasteiger partial charge in [0.25, 0.3) is 0 Å². The maximum Gasteiger partial charge on any atom is 0.0277 e. The molecule has 2 rings (SSSR count). The Kier molecular flexibility index (Phi) is 5.70. The molecule has 2 fully saturated rings. The van der Waals surface area contributed by atoms with Gasteiger partial charge in [0.1, 0.15) is 0 Å². The number of rotatable bonds is 4. The quantitative estimate of drug-likeness (QED) is 0.835. The molecule has 0 bridgehead atoms. The average molecular weight is 266 g/mol. The predicted octanol–water partition coefficient (Wildman–Crippen LogP) is 3.67. The van der Waals surface area contributed by atoms with E-state index in [9.17, 15) is 0 Å². The zero-order valence-electron chi connectivity index (χ0n) is 13.4. The van der Waals surface area contributed by atoms with E-state index in [4.69, 9.17) is 0 Å². The maximum absolute atomic E-state index is 3.75. The molecule has 1 heterocycles. The van der Waals surface area contributed by atoms with Crippen LogP contribution >= 0.6 is 0 Å². The van der Waals surface area contributed by atoms with E-state index in [1.165, 1.54) is 71.1 Å². The van der Waals surface area contributed by atoms with Crippen molar-refractivity contribution in [3.63, 3.8) is 0 Å². The third-order valence-corrected chi connectivity index (χ3v) is 5.62. The van der Waals surface area contributed by atoms with Gasteiger partial charge in [-0.05, 0) is 57.5 Å². The summed E-state index contributed by atoms with van der Waals surface area (Å²) in [7, 11) is 0. The summed E-state index contributed by atoms with van der Waals surface area (Å²) >= 11 is 0. The van der Waals surface area contributed by atoms with E-state index in [1.807, 2.05) is 0 Å². The van der Waals surface area contributed by atoms with Gasteiger partial charge in [0, 0.05) is 18.6 Å². The summed E-state index contributed by atoms with van der Waals surface area (Å²) in [5.41, 5.74) is 0.344. The molecule has 1 aliphatic carbocycles. The summed E-state index contributed by atoms with van der Waals surface area (Å²) in [6.45, 7) is 12.2. The van der Waals surface area contributed by atoms with Crippen LogP contribution in [0.3, 0.4) is 0 Å². The molecule has 0 radical (unpaired) electrons. The van der Waals surface area contributed by atoms with Crippen molar-refractivity contribution in [3.8, 4) is 0 Å². The van der Waals surface area contributed by atoms with Gasteiger partial charge < -0.3 is 10.2 Å². The SMILES string of the molecule is CCC1CCC(CN2CCCNC(C)(CC)C2)CC1. The summed E-state index contributed by atoms with van der Waals surface area (Å²) < 4.78 is 0. The topological polar surface area (TPSA) is 15.3 Å². The second-order valence-electron chi connectivity index (χ2n) is 7.22. The van der Waals surface area contributed by atoms with Crippen molar-refractivity contribution in [3.05, 3.63) is 0 Å². The van der Waals surface area contributed by atoms with Crippen LogP contribution in [0, 0.1) is 11.8 Å². The first-order valence-electron chi connectivity index (χ1n) is 8.62. The average Bonchev–Trinajstić information content (AvgIpc) is 2.62. The van der Waals surface area contributed by atoms with Crippen LogP contribution in [-0.4, -0.2) is 36.6 Å². The van der Waals surface area contributed by atoms with Gasteiger partial charge in [-0.2, -0.15) is 0 Å². The normalized spacial score (nSPS) is 38.1. The Bertz CT molecular complexity index is 258. The van der Waals surface area contributed by atoms with Gasteiger partial charge in [-0.25, -0.2) is 0 Å². The van der Waals surface area contributed by atoms with Crippen molar-refractivity contribution in [2.24, 2.45) is 11.8 Å². The summed E-state index contributed by atoms with van der Waals surface area (Å²) in [5.74, 6) is 2.00. The zero-order valence-corrected chi connectivity index (χ0v) is 13.4. The third kappa shape index (κ3) is 4.46. The minimum atomic E-state index is 0.344. The van der Waals surface area contributed by atoms with Crippen molar-refractivity contribution < 1.29 is 0 Å². The molecule has 1 unspecified atom stereocenters. The van der Waals surface area contributed by atoms with Crippen LogP contribution in [0.25, 0.3) is 0 Å². The Hall–Kier alpha value is -0.0800. The zero-order chi connectivity index (χ0) is 13.7. The lowest BCUT2D eigenvalue weighted by molar-refractivity contribution is 0.156. The Morgan fingerprint density at radius 3 is 2.42 bits per heavy atom. The Morgan fingerprint density at radius 1 is 1.11 bits per heavy atom. The molecule has 19 heavy (non-hydrogen) atoms. The van der Waals surface area contributed by atoms with Gasteiger partial charge in [0.05, 0.1) is 0 Å². The van der Waals surface area contributed by atoms with Crippen LogP contribution in [0.15, 0.2) is 0 Å². The Balaban J connectivity index is 1.81. The van der Waals surface area contributed by atoms with Crippen LogP contribution in [0.5, 0.6) is 0 Å². The number of nitrogens with one attached hydrogen (secondary N) is 1. The predicted molar refractivity (Wildman–Crippen MR) is 83.5 cm³/mol. The van der Waals surface area contributed by atoms with Crippen LogP contribution in [0.4, 0.5) is 0 Å². The standard InChI is InChI=1S/C17H34N2/c1-4-15-7-9-16(10-8-15)13-19-12-6-11-18-17(3,5-2)14-19/h15-16,18H,4-14H2,1-3H3. The molecule has 2 heteroatoms. The van der Waals surface area contributed by atoms with Crippen LogP contribution in [0.1, 0.15) is 65.7 Å². The highest BCUT2D eigenvalue weighted by atomic mass is 15.2. The fraction of sp³-hybridized carbons (Fsp3) is 1.00. The van der Waals surface area contributed by atoms with Crippen LogP contribution in [-0.2, 0) is 0 Å². The largest absolute Gasteiger partial charge is 0.310 e. The molecule has 1 N–H and O–H groups in total. The second kappa shape index (κ2) is 7.08. The first-order valence-corrected chi connectivity index (χ1v) is 8.62. The Morgan fingerprint density at radius 2 is 1.79 bits per heavy atom. The molecule has 0 aromatic carbocycles. The molecule has 1 atom stereocenters. The van der Waals surface area contributed by atoms with Gasteiger partial charge >= 0.3 is 0 Å². The highest BCUT2D eigenvalue weighted by Gasteiger charge is 2.29. The molecule has 0 amide bonds. The Labute approximate surface area is 120 Å². The fourth-order valence-corrected chi connectivity index (χ4v) is 3.90. The number of hydrogen-bond acceptors (Lipinski definition) is 2. The molecule has 1 saturated heterocycles. The van der Waals surface area contributed by atoms with Gasteiger partial charge in [-0.3, -0.25) is 0 Å². The van der Waals surface area contributed by atoms with E-state index < -0.39 is 0 Å². The fourth-order valence-electron chi connectivity index (χ4n) is 3.90. The van der Waals surface area contributed by atoms with Gasteiger partial charge in [0.15, 0.2) is 0 Å². The molecule has 0 spiro atoms. The summed E-state index contributed by atoms with van der Waals surface area (Å²) in [4.78, 5) is 2.75. The maximum atomic E-state index is 3.75. The van der Waals surface area contributed by atoms with Gasteiger partial charge in [-0.15, -0.1) is 0 Å². The lowest BCUT2D eigenvalue weighted by Gasteiger charge is -2.36. The lowest BCUT2D eigenvalue weighted by Crippen LogP contribution is -2.49. The molecule has 2 nitrogen and oxygen atoms in total. The van der Waals surface area contributed by atoms with E-state index in [1.54, 1.807) is 0 Å². The van der Waals surface area contributed by atoms with Gasteiger partial charge in [-0.1, -0.05) is 33.1 Å². The van der Waals surface area contributed by atoms with E-state index in [0.717, 1.165) is 11.8 Å². The molecule has 1 saturated carbocycles. The smallest absolute Gasteiger partial charge is 0.0277 e. The molecular weight excluding hydrogens is 232 g/mol. The summed E-state index contributed by atoms with van der Waals surface area (Å²) in [6, 6.07) is 0. The van der Waals surface area contributed by atoms with Crippen molar-refractivity contribution in [1.29, 1.82) is 0 Å². The minimum Gasteiger partial charge on any atom is -0.310 e. The van der Waals surface area contributed by atoms with Crippen LogP contribution < -0.4 is 5.32 Å².